The Hall–Kier alpha value is -1.48. The van der Waals surface area contributed by atoms with Gasteiger partial charge in [-0.25, -0.2) is 8.42 Å². The van der Waals surface area contributed by atoms with Crippen molar-refractivity contribution in [3.8, 4) is 0 Å². The molecule has 2 aliphatic heterocycles. The fourth-order valence-electron chi connectivity index (χ4n) is 2.96. The van der Waals surface area contributed by atoms with Gasteiger partial charge in [0.1, 0.15) is 11.6 Å². The number of fused-ring (bicyclic) bond motifs is 1. The third-order valence-corrected chi connectivity index (χ3v) is 5.91. The molecule has 1 N–H and O–H groups in total. The van der Waals surface area contributed by atoms with Gasteiger partial charge in [-0.05, 0) is 13.3 Å². The second-order valence-corrected chi connectivity index (χ2v) is 8.31. The predicted octanol–water partition coefficient (Wildman–Crippen LogP) is -1.25. The highest BCUT2D eigenvalue weighted by Gasteiger charge is 2.26. The van der Waals surface area contributed by atoms with Crippen molar-refractivity contribution in [1.29, 1.82) is 0 Å². The fraction of sp³-hybridized carbons (Fsp3) is 0.769. The Labute approximate surface area is 129 Å². The number of carbonyl (C=O) groups is 1. The molecule has 0 radical (unpaired) electrons. The van der Waals surface area contributed by atoms with Gasteiger partial charge < -0.3 is 9.88 Å². The molecule has 0 bridgehead atoms. The van der Waals surface area contributed by atoms with Gasteiger partial charge in [0.15, 0.2) is 9.84 Å². The SMILES string of the molecule is Cc1nnc2n1C[C@@H](NC(=O)CN1CCS(=O)(=O)CC1)CC2. The summed E-state index contributed by atoms with van der Waals surface area (Å²) in [5.41, 5.74) is 0. The first-order valence-electron chi connectivity index (χ1n) is 7.54. The van der Waals surface area contributed by atoms with Gasteiger partial charge in [0.25, 0.3) is 0 Å². The van der Waals surface area contributed by atoms with Crippen molar-refractivity contribution in [3.05, 3.63) is 11.6 Å². The highest BCUT2D eigenvalue weighted by molar-refractivity contribution is 7.91. The van der Waals surface area contributed by atoms with Crippen LogP contribution in [0, 0.1) is 6.92 Å². The van der Waals surface area contributed by atoms with E-state index in [1.165, 1.54) is 0 Å². The average Bonchev–Trinajstić information content (AvgIpc) is 2.83. The fourth-order valence-corrected chi connectivity index (χ4v) is 4.24. The number of hydrogen-bond donors (Lipinski definition) is 1. The normalized spacial score (nSPS) is 24.7. The van der Waals surface area contributed by atoms with Crippen LogP contribution in [-0.2, 0) is 27.6 Å². The zero-order chi connectivity index (χ0) is 15.7. The van der Waals surface area contributed by atoms with E-state index >= 15 is 0 Å². The predicted molar refractivity (Wildman–Crippen MR) is 80.1 cm³/mol. The van der Waals surface area contributed by atoms with E-state index in [-0.39, 0.29) is 30.0 Å². The summed E-state index contributed by atoms with van der Waals surface area (Å²) in [4.78, 5) is 14.0. The van der Waals surface area contributed by atoms with E-state index in [0.29, 0.717) is 19.6 Å². The van der Waals surface area contributed by atoms with Crippen molar-refractivity contribution in [2.75, 3.05) is 31.1 Å². The number of sulfone groups is 1. The molecule has 22 heavy (non-hydrogen) atoms. The van der Waals surface area contributed by atoms with Crippen LogP contribution in [0.4, 0.5) is 0 Å². The first-order valence-corrected chi connectivity index (χ1v) is 9.36. The number of aryl methyl sites for hydroxylation is 2. The quantitative estimate of drug-likeness (QED) is 0.745. The Kier molecular flexibility index (Phi) is 4.18. The van der Waals surface area contributed by atoms with E-state index in [1.54, 1.807) is 0 Å². The molecule has 2 aliphatic rings. The summed E-state index contributed by atoms with van der Waals surface area (Å²) in [5, 5.41) is 11.2. The number of carbonyl (C=O) groups excluding carboxylic acids is 1. The maximum Gasteiger partial charge on any atom is 0.234 e. The monoisotopic (exact) mass is 327 g/mol. The standard InChI is InChI=1S/C13H21N5O3S/c1-10-15-16-12-3-2-11(8-18(10)12)14-13(19)9-17-4-6-22(20,21)7-5-17/h11H,2-9H2,1H3,(H,14,19)/t11-/m0/s1. The van der Waals surface area contributed by atoms with Crippen LogP contribution in [0.2, 0.25) is 0 Å². The van der Waals surface area contributed by atoms with E-state index in [4.69, 9.17) is 0 Å². The van der Waals surface area contributed by atoms with E-state index in [9.17, 15) is 13.2 Å². The highest BCUT2D eigenvalue weighted by Crippen LogP contribution is 2.14. The Morgan fingerprint density at radius 3 is 2.77 bits per heavy atom. The van der Waals surface area contributed by atoms with Gasteiger partial charge in [-0.15, -0.1) is 10.2 Å². The number of nitrogens with zero attached hydrogens (tertiary/aromatic N) is 4. The summed E-state index contributed by atoms with van der Waals surface area (Å²) in [6, 6.07) is 0.0863. The topological polar surface area (TPSA) is 97.2 Å². The molecule has 3 rings (SSSR count). The van der Waals surface area contributed by atoms with Crippen molar-refractivity contribution in [3.63, 3.8) is 0 Å². The van der Waals surface area contributed by atoms with Gasteiger partial charge >= 0.3 is 0 Å². The molecule has 1 aromatic heterocycles. The Balaban J connectivity index is 1.50. The van der Waals surface area contributed by atoms with Crippen molar-refractivity contribution in [1.82, 2.24) is 25.0 Å². The lowest BCUT2D eigenvalue weighted by Crippen LogP contribution is -2.48. The van der Waals surface area contributed by atoms with Crippen molar-refractivity contribution in [2.24, 2.45) is 0 Å². The van der Waals surface area contributed by atoms with E-state index in [2.05, 4.69) is 15.5 Å². The second-order valence-electron chi connectivity index (χ2n) is 6.01. The van der Waals surface area contributed by atoms with Gasteiger partial charge in [-0.2, -0.15) is 0 Å². The zero-order valence-corrected chi connectivity index (χ0v) is 13.5. The first kappa shape index (κ1) is 15.4. The third kappa shape index (κ3) is 3.46. The average molecular weight is 327 g/mol. The van der Waals surface area contributed by atoms with E-state index in [1.807, 2.05) is 16.4 Å². The molecule has 8 nitrogen and oxygen atoms in total. The third-order valence-electron chi connectivity index (χ3n) is 4.30. The highest BCUT2D eigenvalue weighted by atomic mass is 32.2. The number of rotatable bonds is 3. The smallest absolute Gasteiger partial charge is 0.234 e. The molecule has 9 heteroatoms. The molecule has 0 aromatic carbocycles. The molecule has 0 unspecified atom stereocenters. The summed E-state index contributed by atoms with van der Waals surface area (Å²) < 4.78 is 24.8. The van der Waals surface area contributed by atoms with Crippen LogP contribution in [0.5, 0.6) is 0 Å². The van der Waals surface area contributed by atoms with Gasteiger partial charge in [0.2, 0.25) is 5.91 Å². The molecule has 1 saturated heterocycles. The van der Waals surface area contributed by atoms with E-state index < -0.39 is 9.84 Å². The van der Waals surface area contributed by atoms with Crippen LogP contribution in [0.25, 0.3) is 0 Å². The van der Waals surface area contributed by atoms with E-state index in [0.717, 1.165) is 24.5 Å². The van der Waals surface area contributed by atoms with Crippen LogP contribution < -0.4 is 5.32 Å². The van der Waals surface area contributed by atoms with Crippen LogP contribution >= 0.6 is 0 Å². The Bertz CT molecular complexity index is 655. The molecule has 1 fully saturated rings. The number of aromatic nitrogens is 3. The molecule has 1 aromatic rings. The molecule has 3 heterocycles. The lowest BCUT2D eigenvalue weighted by Gasteiger charge is -2.28. The molecular formula is C13H21N5O3S. The number of hydrogen-bond acceptors (Lipinski definition) is 6. The lowest BCUT2D eigenvalue weighted by atomic mass is 10.1. The molecular weight excluding hydrogens is 306 g/mol. The molecule has 0 spiro atoms. The minimum absolute atomic E-state index is 0.0431. The minimum atomic E-state index is -2.90. The first-order chi connectivity index (χ1) is 10.4. The molecule has 1 atom stereocenters. The van der Waals surface area contributed by atoms with Gasteiger partial charge in [-0.1, -0.05) is 0 Å². The molecule has 0 saturated carbocycles. The van der Waals surface area contributed by atoms with Crippen molar-refractivity contribution < 1.29 is 13.2 Å². The summed E-state index contributed by atoms with van der Waals surface area (Å²) in [7, 11) is -2.90. The van der Waals surface area contributed by atoms with Crippen LogP contribution in [0.1, 0.15) is 18.1 Å². The van der Waals surface area contributed by atoms with Crippen LogP contribution in [0.15, 0.2) is 0 Å². The maximum absolute atomic E-state index is 12.1. The van der Waals surface area contributed by atoms with Gasteiger partial charge in [0.05, 0.1) is 18.1 Å². The Morgan fingerprint density at radius 1 is 1.32 bits per heavy atom. The van der Waals surface area contributed by atoms with Gasteiger partial charge in [0, 0.05) is 32.1 Å². The van der Waals surface area contributed by atoms with Crippen molar-refractivity contribution in [2.45, 2.75) is 32.4 Å². The van der Waals surface area contributed by atoms with Crippen LogP contribution in [0.3, 0.4) is 0 Å². The lowest BCUT2D eigenvalue weighted by molar-refractivity contribution is -0.123. The molecule has 1 amide bonds. The number of amides is 1. The summed E-state index contributed by atoms with van der Waals surface area (Å²) in [6.45, 7) is 3.76. The van der Waals surface area contributed by atoms with Gasteiger partial charge in [-0.3, -0.25) is 9.69 Å². The maximum atomic E-state index is 12.1. The summed E-state index contributed by atoms with van der Waals surface area (Å²) in [5.74, 6) is 2.10. The minimum Gasteiger partial charge on any atom is -0.350 e. The Morgan fingerprint density at radius 2 is 2.05 bits per heavy atom. The summed E-state index contributed by atoms with van der Waals surface area (Å²) >= 11 is 0. The second kappa shape index (κ2) is 5.96. The molecule has 0 aliphatic carbocycles. The molecule has 122 valence electrons. The number of nitrogens with one attached hydrogen (secondary N) is 1. The summed E-state index contributed by atoms with van der Waals surface area (Å²) in [6.07, 6.45) is 1.67. The largest absolute Gasteiger partial charge is 0.350 e. The van der Waals surface area contributed by atoms with Crippen LogP contribution in [-0.4, -0.2) is 71.2 Å². The van der Waals surface area contributed by atoms with Crippen molar-refractivity contribution >= 4 is 15.7 Å². The zero-order valence-electron chi connectivity index (χ0n) is 12.7.